The highest BCUT2D eigenvalue weighted by atomic mass is 19.4. The zero-order chi connectivity index (χ0) is 17.2. The van der Waals surface area contributed by atoms with Crippen molar-refractivity contribution in [2.45, 2.75) is 12.7 Å². The minimum absolute atomic E-state index is 0.246. The highest BCUT2D eigenvalue weighted by molar-refractivity contribution is 5.94. The molecule has 0 spiro atoms. The van der Waals surface area contributed by atoms with Crippen LogP contribution in [0.15, 0.2) is 18.2 Å². The normalized spacial score (nSPS) is 16.4. The number of hydrogen-bond acceptors (Lipinski definition) is 3. The molecule has 0 aliphatic carbocycles. The molecule has 1 aliphatic heterocycles. The second kappa shape index (κ2) is 6.45. The molecular formula is C14H16F3N3O3. The van der Waals surface area contributed by atoms with Crippen LogP contribution in [0.1, 0.15) is 21.5 Å². The molecule has 0 unspecified atom stereocenters. The third-order valence-corrected chi connectivity index (χ3v) is 3.70. The summed E-state index contributed by atoms with van der Waals surface area (Å²) in [5.74, 6) is -1.13. The third-order valence-electron chi connectivity index (χ3n) is 3.70. The quantitative estimate of drug-likeness (QED) is 0.881. The first-order valence-corrected chi connectivity index (χ1v) is 6.88. The highest BCUT2D eigenvalue weighted by Crippen LogP contribution is 2.32. The van der Waals surface area contributed by atoms with Gasteiger partial charge in [0.15, 0.2) is 0 Å². The number of nitrogens with zero attached hydrogens (tertiary/aromatic N) is 2. The Balaban J connectivity index is 2.13. The van der Waals surface area contributed by atoms with Crippen LogP contribution in [0.4, 0.5) is 18.0 Å². The lowest BCUT2D eigenvalue weighted by atomic mass is 10.0. The number of benzene rings is 1. The van der Waals surface area contributed by atoms with Crippen molar-refractivity contribution in [3.05, 3.63) is 34.9 Å². The summed E-state index contributed by atoms with van der Waals surface area (Å²) in [4.78, 5) is 25.1. The zero-order valence-corrected chi connectivity index (χ0v) is 12.1. The number of hydrogen-bond donors (Lipinski definition) is 2. The summed E-state index contributed by atoms with van der Waals surface area (Å²) in [6, 6.07) is 3.43. The van der Waals surface area contributed by atoms with E-state index in [4.69, 9.17) is 10.8 Å². The molecule has 3 N–H and O–H groups in total. The number of rotatable bonds is 3. The molecule has 2 rings (SSSR count). The number of halogens is 3. The maximum Gasteiger partial charge on any atom is 0.417 e. The average Bonchev–Trinajstić information content (AvgIpc) is 2.46. The van der Waals surface area contributed by atoms with E-state index in [1.807, 2.05) is 4.90 Å². The lowest BCUT2D eigenvalue weighted by Crippen LogP contribution is -2.47. The van der Waals surface area contributed by atoms with Gasteiger partial charge >= 0.3 is 12.3 Å². The van der Waals surface area contributed by atoms with Gasteiger partial charge in [0, 0.05) is 32.7 Å². The fourth-order valence-electron chi connectivity index (χ4n) is 2.49. The van der Waals surface area contributed by atoms with Crippen molar-refractivity contribution < 1.29 is 27.9 Å². The number of alkyl halides is 3. The molecule has 0 radical (unpaired) electrons. The maximum atomic E-state index is 13.0. The van der Waals surface area contributed by atoms with Gasteiger partial charge in [-0.05, 0) is 17.7 Å². The molecule has 9 heteroatoms. The maximum absolute atomic E-state index is 13.0. The second-order valence-corrected chi connectivity index (χ2v) is 5.29. The van der Waals surface area contributed by atoms with Crippen LogP contribution >= 0.6 is 0 Å². The van der Waals surface area contributed by atoms with Gasteiger partial charge in [0.1, 0.15) is 0 Å². The van der Waals surface area contributed by atoms with Crippen LogP contribution in [0, 0.1) is 0 Å². The van der Waals surface area contributed by atoms with Crippen LogP contribution in [0.2, 0.25) is 0 Å². The molecule has 1 aromatic carbocycles. The van der Waals surface area contributed by atoms with Crippen LogP contribution in [0.5, 0.6) is 0 Å². The summed E-state index contributed by atoms with van der Waals surface area (Å²) >= 11 is 0. The molecule has 126 valence electrons. The Morgan fingerprint density at radius 2 is 1.78 bits per heavy atom. The predicted octanol–water partition coefficient (Wildman–Crippen LogP) is 1.60. The van der Waals surface area contributed by atoms with E-state index in [0.29, 0.717) is 31.7 Å². The van der Waals surface area contributed by atoms with Gasteiger partial charge in [0.25, 0.3) is 0 Å². The van der Waals surface area contributed by atoms with Crippen LogP contribution < -0.4 is 5.73 Å². The Hall–Kier alpha value is -2.29. The van der Waals surface area contributed by atoms with Crippen molar-refractivity contribution in [2.75, 3.05) is 26.2 Å². The molecule has 0 aromatic heterocycles. The molecule has 1 aromatic rings. The molecule has 6 nitrogen and oxygen atoms in total. The van der Waals surface area contributed by atoms with Crippen molar-refractivity contribution in [1.82, 2.24) is 9.80 Å². The van der Waals surface area contributed by atoms with Crippen molar-refractivity contribution in [3.63, 3.8) is 0 Å². The Bertz CT molecular complexity index is 611. The van der Waals surface area contributed by atoms with E-state index >= 15 is 0 Å². The lowest BCUT2D eigenvalue weighted by molar-refractivity contribution is -0.138. The number of carbonyl (C=O) groups is 2. The molecule has 1 saturated heterocycles. The lowest BCUT2D eigenvalue weighted by Gasteiger charge is -2.33. The molecule has 2 amide bonds. The van der Waals surface area contributed by atoms with E-state index in [1.54, 1.807) is 0 Å². The van der Waals surface area contributed by atoms with E-state index in [0.717, 1.165) is 12.1 Å². The minimum Gasteiger partial charge on any atom is -0.465 e. The van der Waals surface area contributed by atoms with Gasteiger partial charge in [0.05, 0.1) is 11.1 Å². The Morgan fingerprint density at radius 3 is 2.26 bits per heavy atom. The number of primary amides is 1. The van der Waals surface area contributed by atoms with Gasteiger partial charge in [-0.2, -0.15) is 13.2 Å². The number of carboxylic acid groups (broad SMARTS) is 1. The van der Waals surface area contributed by atoms with Gasteiger partial charge in [-0.25, -0.2) is 4.79 Å². The Labute approximate surface area is 130 Å². The largest absolute Gasteiger partial charge is 0.465 e. The van der Waals surface area contributed by atoms with Crippen molar-refractivity contribution in [3.8, 4) is 0 Å². The van der Waals surface area contributed by atoms with Crippen molar-refractivity contribution in [2.24, 2.45) is 5.73 Å². The van der Waals surface area contributed by atoms with Crippen LogP contribution in [0.25, 0.3) is 0 Å². The second-order valence-electron chi connectivity index (χ2n) is 5.29. The number of nitrogens with two attached hydrogens (primary N) is 1. The monoisotopic (exact) mass is 331 g/mol. The summed E-state index contributed by atoms with van der Waals surface area (Å²) in [6.45, 7) is 1.73. The summed E-state index contributed by atoms with van der Waals surface area (Å²) < 4.78 is 39.0. The van der Waals surface area contributed by atoms with E-state index in [-0.39, 0.29) is 6.54 Å². The van der Waals surface area contributed by atoms with Gasteiger partial charge in [-0.15, -0.1) is 0 Å². The molecule has 0 atom stereocenters. The van der Waals surface area contributed by atoms with E-state index < -0.39 is 29.3 Å². The Kier molecular flexibility index (Phi) is 4.79. The average molecular weight is 331 g/mol. The van der Waals surface area contributed by atoms with Crippen LogP contribution in [-0.4, -0.2) is 53.1 Å². The number of carbonyl (C=O) groups excluding carboxylic acids is 1. The summed E-state index contributed by atoms with van der Waals surface area (Å²) in [5.41, 5.74) is 3.77. The fraction of sp³-hybridized carbons (Fsp3) is 0.429. The molecule has 0 bridgehead atoms. The SMILES string of the molecule is NC(=O)c1ccc(CN2CCN(C(=O)O)CC2)cc1C(F)(F)F. The third kappa shape index (κ3) is 4.13. The molecule has 1 fully saturated rings. The first-order chi connectivity index (χ1) is 10.7. The molecule has 0 saturated carbocycles. The molecule has 1 aliphatic rings. The van der Waals surface area contributed by atoms with Crippen LogP contribution in [0.3, 0.4) is 0 Å². The molecule has 1 heterocycles. The van der Waals surface area contributed by atoms with Gasteiger partial charge < -0.3 is 15.7 Å². The number of piperazine rings is 1. The Morgan fingerprint density at radius 1 is 1.17 bits per heavy atom. The smallest absolute Gasteiger partial charge is 0.417 e. The number of amides is 2. The van der Waals surface area contributed by atoms with Crippen molar-refractivity contribution in [1.29, 1.82) is 0 Å². The first kappa shape index (κ1) is 17.1. The van der Waals surface area contributed by atoms with E-state index in [1.165, 1.54) is 11.0 Å². The zero-order valence-electron chi connectivity index (χ0n) is 12.1. The van der Waals surface area contributed by atoms with Gasteiger partial charge in [0.2, 0.25) is 5.91 Å². The standard InChI is InChI=1S/C14H16F3N3O3/c15-14(16,17)11-7-9(1-2-10(11)12(18)21)8-19-3-5-20(6-4-19)13(22)23/h1-2,7H,3-6,8H2,(H2,18,21)(H,22,23). The van der Waals surface area contributed by atoms with Crippen LogP contribution in [-0.2, 0) is 12.7 Å². The van der Waals surface area contributed by atoms with Crippen molar-refractivity contribution >= 4 is 12.0 Å². The van der Waals surface area contributed by atoms with Gasteiger partial charge in [-0.1, -0.05) is 6.07 Å². The summed E-state index contributed by atoms with van der Waals surface area (Å²) in [5, 5.41) is 8.86. The predicted molar refractivity (Wildman–Crippen MR) is 74.8 cm³/mol. The minimum atomic E-state index is -4.66. The summed E-state index contributed by atoms with van der Waals surface area (Å²) in [7, 11) is 0. The van der Waals surface area contributed by atoms with E-state index in [9.17, 15) is 22.8 Å². The van der Waals surface area contributed by atoms with Gasteiger partial charge in [-0.3, -0.25) is 9.69 Å². The molecule has 23 heavy (non-hydrogen) atoms. The topological polar surface area (TPSA) is 86.9 Å². The molecular weight excluding hydrogens is 315 g/mol. The first-order valence-electron chi connectivity index (χ1n) is 6.88. The highest BCUT2D eigenvalue weighted by Gasteiger charge is 2.35. The summed E-state index contributed by atoms with van der Waals surface area (Å²) in [6.07, 6.45) is -5.67. The fourth-order valence-corrected chi connectivity index (χ4v) is 2.49. The van der Waals surface area contributed by atoms with E-state index in [2.05, 4.69) is 0 Å².